The Morgan fingerprint density at radius 3 is 2.43 bits per heavy atom. The van der Waals surface area contributed by atoms with Crippen LogP contribution in [0.5, 0.6) is 17.5 Å². The van der Waals surface area contributed by atoms with Crippen LogP contribution in [0.2, 0.25) is 0 Å². The SMILES string of the molecule is Cc1c(Oc2ccc(C3COS(=O)(=O)OC3)cc2)ncnc1OC1CCN(C(=O)O)C(C(C)C)C1. The molecule has 2 atom stereocenters. The van der Waals surface area contributed by atoms with Crippen molar-refractivity contribution in [3.05, 3.63) is 41.7 Å². The van der Waals surface area contributed by atoms with Crippen molar-refractivity contribution in [1.82, 2.24) is 14.9 Å². The zero-order chi connectivity index (χ0) is 25.2. The number of carbonyl (C=O) groups is 1. The van der Waals surface area contributed by atoms with Gasteiger partial charge < -0.3 is 19.5 Å². The number of hydrogen-bond acceptors (Lipinski definition) is 9. The van der Waals surface area contributed by atoms with Gasteiger partial charge in [0.2, 0.25) is 11.8 Å². The van der Waals surface area contributed by atoms with Crippen molar-refractivity contribution in [3.63, 3.8) is 0 Å². The maximum atomic E-state index is 11.6. The number of piperidine rings is 1. The Labute approximate surface area is 204 Å². The third kappa shape index (κ3) is 6.00. The van der Waals surface area contributed by atoms with E-state index in [4.69, 9.17) is 17.8 Å². The molecule has 2 aromatic rings. The average molecular weight is 508 g/mol. The molecule has 1 amide bonds. The number of nitrogens with zero attached hydrogens (tertiary/aromatic N) is 3. The van der Waals surface area contributed by atoms with Gasteiger partial charge in [0.1, 0.15) is 18.2 Å². The van der Waals surface area contributed by atoms with Crippen LogP contribution in [0.25, 0.3) is 0 Å². The zero-order valence-corrected chi connectivity index (χ0v) is 20.6. The van der Waals surface area contributed by atoms with E-state index in [2.05, 4.69) is 9.97 Å². The fourth-order valence-electron chi connectivity index (χ4n) is 4.26. The summed E-state index contributed by atoms with van der Waals surface area (Å²) in [4.78, 5) is 21.5. The van der Waals surface area contributed by atoms with Gasteiger partial charge in [-0.2, -0.15) is 8.42 Å². The summed E-state index contributed by atoms with van der Waals surface area (Å²) in [6.45, 7) is 6.28. The maximum absolute atomic E-state index is 11.6. The van der Waals surface area contributed by atoms with Gasteiger partial charge in [-0.05, 0) is 30.5 Å². The highest BCUT2D eigenvalue weighted by Gasteiger charge is 2.35. The van der Waals surface area contributed by atoms with E-state index < -0.39 is 16.5 Å². The molecular weight excluding hydrogens is 478 g/mol. The maximum Gasteiger partial charge on any atom is 0.407 e. The van der Waals surface area contributed by atoms with Crippen LogP contribution in [0.15, 0.2) is 30.6 Å². The Hall–Kier alpha value is -2.96. The predicted molar refractivity (Wildman–Crippen MR) is 124 cm³/mol. The van der Waals surface area contributed by atoms with Gasteiger partial charge in [-0.3, -0.25) is 0 Å². The summed E-state index contributed by atoms with van der Waals surface area (Å²) in [5.41, 5.74) is 1.50. The molecular formula is C23H29N3O8S. The van der Waals surface area contributed by atoms with Crippen molar-refractivity contribution in [2.75, 3.05) is 19.8 Å². The van der Waals surface area contributed by atoms with Crippen LogP contribution in [0.4, 0.5) is 4.79 Å². The largest absolute Gasteiger partial charge is 0.474 e. The van der Waals surface area contributed by atoms with Crippen LogP contribution in [0.1, 0.15) is 43.7 Å². The number of hydrogen-bond donors (Lipinski definition) is 1. The second kappa shape index (κ2) is 10.3. The van der Waals surface area contributed by atoms with Crippen molar-refractivity contribution in [2.24, 2.45) is 5.92 Å². The van der Waals surface area contributed by atoms with Crippen LogP contribution in [-0.4, -0.2) is 66.4 Å². The third-order valence-corrected chi connectivity index (χ3v) is 7.12. The first-order valence-electron chi connectivity index (χ1n) is 11.4. The Bertz CT molecular complexity index is 1140. The van der Waals surface area contributed by atoms with E-state index in [-0.39, 0.29) is 37.2 Å². The van der Waals surface area contributed by atoms with E-state index in [1.165, 1.54) is 11.2 Å². The molecule has 11 nitrogen and oxygen atoms in total. The molecule has 2 aliphatic heterocycles. The van der Waals surface area contributed by atoms with E-state index in [0.29, 0.717) is 42.5 Å². The van der Waals surface area contributed by atoms with Gasteiger partial charge in [-0.1, -0.05) is 26.0 Å². The van der Waals surface area contributed by atoms with E-state index in [0.717, 1.165) is 5.56 Å². The standard InChI is InChI=1S/C23H29N3O8S/c1-14(2)20-10-19(8-9-26(20)23(27)28)34-22-15(3)21(24-13-25-22)33-18-6-4-16(5-7-18)17-11-31-35(29,30)32-12-17/h4-7,13-14,17,19-20H,8-12H2,1-3H3,(H,27,28). The summed E-state index contributed by atoms with van der Waals surface area (Å²) in [6, 6.07) is 7.04. The van der Waals surface area contributed by atoms with Gasteiger partial charge in [0.15, 0.2) is 0 Å². The molecule has 0 spiro atoms. The summed E-state index contributed by atoms with van der Waals surface area (Å²) in [5, 5.41) is 9.48. The highest BCUT2D eigenvalue weighted by Crippen LogP contribution is 2.32. The lowest BCUT2D eigenvalue weighted by Crippen LogP contribution is -2.50. The van der Waals surface area contributed by atoms with Crippen molar-refractivity contribution in [2.45, 2.75) is 51.7 Å². The summed E-state index contributed by atoms with van der Waals surface area (Å²) in [6.07, 6.45) is 1.46. The summed E-state index contributed by atoms with van der Waals surface area (Å²) < 4.78 is 44.1. The van der Waals surface area contributed by atoms with E-state index in [1.54, 1.807) is 12.1 Å². The highest BCUT2D eigenvalue weighted by molar-refractivity contribution is 7.81. The number of carboxylic acid groups (broad SMARTS) is 1. The minimum Gasteiger partial charge on any atom is -0.474 e. The number of likely N-dealkylation sites (tertiary alicyclic amines) is 1. The molecule has 0 saturated carbocycles. The van der Waals surface area contributed by atoms with Crippen molar-refractivity contribution in [3.8, 4) is 17.5 Å². The minimum atomic E-state index is -3.89. The molecule has 2 fully saturated rings. The molecule has 1 N–H and O–H groups in total. The molecule has 2 aliphatic rings. The first kappa shape index (κ1) is 25.1. The number of amides is 1. The first-order valence-corrected chi connectivity index (χ1v) is 12.8. The molecule has 3 heterocycles. The fourth-order valence-corrected chi connectivity index (χ4v) is 4.99. The average Bonchev–Trinajstić information content (AvgIpc) is 2.82. The van der Waals surface area contributed by atoms with Crippen LogP contribution in [0, 0.1) is 12.8 Å². The van der Waals surface area contributed by atoms with Crippen LogP contribution < -0.4 is 9.47 Å². The van der Waals surface area contributed by atoms with Gasteiger partial charge in [0, 0.05) is 31.3 Å². The molecule has 190 valence electrons. The molecule has 12 heteroatoms. The monoisotopic (exact) mass is 507 g/mol. The van der Waals surface area contributed by atoms with Crippen molar-refractivity contribution >= 4 is 16.5 Å². The molecule has 2 unspecified atom stereocenters. The second-order valence-electron chi connectivity index (χ2n) is 9.01. The summed E-state index contributed by atoms with van der Waals surface area (Å²) in [5.74, 6) is 1.26. The Kier molecular flexibility index (Phi) is 7.43. The van der Waals surface area contributed by atoms with Gasteiger partial charge in [-0.15, -0.1) is 0 Å². The minimum absolute atomic E-state index is 0.0251. The molecule has 4 rings (SSSR count). The normalized spacial score (nSPS) is 22.7. The van der Waals surface area contributed by atoms with Gasteiger partial charge in [0.05, 0.1) is 18.8 Å². The van der Waals surface area contributed by atoms with Crippen molar-refractivity contribution in [1.29, 1.82) is 0 Å². The lowest BCUT2D eigenvalue weighted by Gasteiger charge is -2.39. The predicted octanol–water partition coefficient (Wildman–Crippen LogP) is 3.50. The smallest absolute Gasteiger partial charge is 0.407 e. The number of benzene rings is 1. The molecule has 35 heavy (non-hydrogen) atoms. The Morgan fingerprint density at radius 1 is 1.14 bits per heavy atom. The summed E-state index contributed by atoms with van der Waals surface area (Å²) >= 11 is 0. The highest BCUT2D eigenvalue weighted by atomic mass is 32.3. The Morgan fingerprint density at radius 2 is 1.80 bits per heavy atom. The quantitative estimate of drug-likeness (QED) is 0.618. The van der Waals surface area contributed by atoms with Gasteiger partial charge >= 0.3 is 16.5 Å². The first-order chi connectivity index (χ1) is 16.6. The molecule has 0 bridgehead atoms. The van der Waals surface area contributed by atoms with E-state index in [1.807, 2.05) is 32.9 Å². The van der Waals surface area contributed by atoms with Crippen molar-refractivity contribution < 1.29 is 36.2 Å². The third-order valence-electron chi connectivity index (χ3n) is 6.27. The molecule has 0 aliphatic carbocycles. The van der Waals surface area contributed by atoms with Gasteiger partial charge in [-0.25, -0.2) is 23.1 Å². The van der Waals surface area contributed by atoms with Crippen LogP contribution in [0.3, 0.4) is 0 Å². The fraction of sp³-hybridized carbons (Fsp3) is 0.522. The van der Waals surface area contributed by atoms with E-state index >= 15 is 0 Å². The second-order valence-corrected chi connectivity index (χ2v) is 10.3. The van der Waals surface area contributed by atoms with Gasteiger partial charge in [0.25, 0.3) is 0 Å². The van der Waals surface area contributed by atoms with E-state index in [9.17, 15) is 18.3 Å². The van der Waals surface area contributed by atoms with Crippen LogP contribution in [-0.2, 0) is 18.8 Å². The number of rotatable bonds is 6. The number of ether oxygens (including phenoxy) is 2. The summed E-state index contributed by atoms with van der Waals surface area (Å²) in [7, 11) is -3.89. The molecule has 0 radical (unpaired) electrons. The topological polar surface area (TPSA) is 137 Å². The number of aromatic nitrogens is 2. The Balaban J connectivity index is 1.41. The lowest BCUT2D eigenvalue weighted by molar-refractivity contribution is 0.0360. The molecule has 2 saturated heterocycles. The molecule has 1 aromatic carbocycles. The molecule has 1 aromatic heterocycles. The lowest BCUT2D eigenvalue weighted by atomic mass is 9.91. The zero-order valence-electron chi connectivity index (χ0n) is 19.8. The van der Waals surface area contributed by atoms with Crippen LogP contribution >= 0.6 is 0 Å².